The van der Waals surface area contributed by atoms with E-state index in [1.54, 1.807) is 18.2 Å². The Hall–Kier alpha value is -2.01. The van der Waals surface area contributed by atoms with E-state index < -0.39 is 5.82 Å². The Labute approximate surface area is 91.9 Å². The Morgan fingerprint density at radius 1 is 1.25 bits per heavy atom. The molecule has 0 saturated carbocycles. The summed E-state index contributed by atoms with van der Waals surface area (Å²) in [4.78, 5) is 0. The van der Waals surface area contributed by atoms with Crippen molar-refractivity contribution in [2.45, 2.75) is 6.54 Å². The monoisotopic (exact) mass is 219 g/mol. The van der Waals surface area contributed by atoms with Gasteiger partial charge < -0.3 is 10.5 Å². The van der Waals surface area contributed by atoms with Crippen LogP contribution < -0.4 is 10.5 Å². The van der Waals surface area contributed by atoms with E-state index in [1.807, 2.05) is 0 Å². The van der Waals surface area contributed by atoms with Gasteiger partial charge in [0, 0.05) is 12.1 Å². The van der Waals surface area contributed by atoms with Gasteiger partial charge in [0.25, 0.3) is 0 Å². The molecule has 0 radical (unpaired) electrons. The molecule has 0 saturated heterocycles. The van der Waals surface area contributed by atoms with Crippen molar-refractivity contribution in [3.05, 3.63) is 47.9 Å². The smallest absolute Gasteiger partial charge is 0.243 e. The van der Waals surface area contributed by atoms with Gasteiger partial charge in [0.05, 0.1) is 6.20 Å². The summed E-state index contributed by atoms with van der Waals surface area (Å²) in [5.41, 5.74) is 6.18. The van der Waals surface area contributed by atoms with Gasteiger partial charge in [0.2, 0.25) is 5.88 Å². The van der Waals surface area contributed by atoms with Crippen molar-refractivity contribution in [1.29, 1.82) is 0 Å². The molecule has 82 valence electrons. The molecule has 0 unspecified atom stereocenters. The fraction of sp³-hybridized carbons (Fsp3) is 0.0909. The minimum absolute atomic E-state index is 0.109. The van der Waals surface area contributed by atoms with Gasteiger partial charge in [-0.15, -0.1) is 5.10 Å². The number of halogens is 1. The maximum atomic E-state index is 13.3. The minimum atomic E-state index is -0.448. The van der Waals surface area contributed by atoms with Crippen LogP contribution in [0.15, 0.2) is 36.5 Å². The van der Waals surface area contributed by atoms with Gasteiger partial charge in [-0.1, -0.05) is 12.1 Å². The van der Waals surface area contributed by atoms with E-state index in [1.165, 1.54) is 18.3 Å². The third-order valence-electron chi connectivity index (χ3n) is 2.03. The van der Waals surface area contributed by atoms with Crippen LogP contribution in [0.4, 0.5) is 4.39 Å². The first-order valence-corrected chi connectivity index (χ1v) is 4.74. The number of para-hydroxylation sites is 1. The van der Waals surface area contributed by atoms with Crippen molar-refractivity contribution in [2.75, 3.05) is 0 Å². The molecule has 16 heavy (non-hydrogen) atoms. The summed E-state index contributed by atoms with van der Waals surface area (Å²) in [5.74, 6) is -0.107. The molecular formula is C11H10FN3O. The van der Waals surface area contributed by atoms with Gasteiger partial charge in [-0.05, 0) is 18.2 Å². The third kappa shape index (κ3) is 2.14. The highest BCUT2D eigenvalue weighted by atomic mass is 19.1. The fourth-order valence-electron chi connectivity index (χ4n) is 1.22. The van der Waals surface area contributed by atoms with Crippen molar-refractivity contribution in [1.82, 2.24) is 10.2 Å². The normalized spacial score (nSPS) is 10.1. The molecular weight excluding hydrogens is 209 g/mol. The predicted molar refractivity (Wildman–Crippen MR) is 56.4 cm³/mol. The van der Waals surface area contributed by atoms with Crippen molar-refractivity contribution >= 4 is 0 Å². The SMILES string of the molecule is NCc1ccnnc1Oc1ccccc1F. The molecule has 0 atom stereocenters. The number of benzene rings is 1. The lowest BCUT2D eigenvalue weighted by Gasteiger charge is -2.07. The van der Waals surface area contributed by atoms with Gasteiger partial charge in [-0.25, -0.2) is 4.39 Å². The van der Waals surface area contributed by atoms with Crippen molar-refractivity contribution in [3.8, 4) is 11.6 Å². The quantitative estimate of drug-likeness (QED) is 0.855. The molecule has 0 spiro atoms. The Morgan fingerprint density at radius 3 is 2.81 bits per heavy atom. The standard InChI is InChI=1S/C11H10FN3O/c12-9-3-1-2-4-10(9)16-11-8(7-13)5-6-14-15-11/h1-6H,7,13H2. The van der Waals surface area contributed by atoms with E-state index in [9.17, 15) is 4.39 Å². The summed E-state index contributed by atoms with van der Waals surface area (Å²) in [5, 5.41) is 7.43. The van der Waals surface area contributed by atoms with Crippen LogP contribution in [0.1, 0.15) is 5.56 Å². The summed E-state index contributed by atoms with van der Waals surface area (Å²) in [6.45, 7) is 0.263. The van der Waals surface area contributed by atoms with Crippen LogP contribution in [0.25, 0.3) is 0 Å². The highest BCUT2D eigenvalue weighted by Crippen LogP contribution is 2.24. The predicted octanol–water partition coefficient (Wildman–Crippen LogP) is 1.87. The zero-order valence-corrected chi connectivity index (χ0v) is 8.43. The molecule has 4 nitrogen and oxygen atoms in total. The van der Waals surface area contributed by atoms with Crippen LogP contribution in [-0.4, -0.2) is 10.2 Å². The van der Waals surface area contributed by atoms with Crippen LogP contribution in [0.5, 0.6) is 11.6 Å². The molecule has 0 aliphatic carbocycles. The first kappa shape index (κ1) is 10.5. The average molecular weight is 219 g/mol. The maximum Gasteiger partial charge on any atom is 0.243 e. The summed E-state index contributed by atoms with van der Waals surface area (Å²) in [6.07, 6.45) is 1.51. The van der Waals surface area contributed by atoms with Crippen LogP contribution in [0, 0.1) is 5.82 Å². The lowest BCUT2D eigenvalue weighted by molar-refractivity contribution is 0.417. The molecule has 1 heterocycles. The first-order valence-electron chi connectivity index (χ1n) is 4.74. The maximum absolute atomic E-state index is 13.3. The number of hydrogen-bond donors (Lipinski definition) is 1. The Bertz CT molecular complexity index is 490. The third-order valence-corrected chi connectivity index (χ3v) is 2.03. The van der Waals surface area contributed by atoms with Gasteiger partial charge >= 0.3 is 0 Å². The molecule has 5 heteroatoms. The molecule has 0 amide bonds. The van der Waals surface area contributed by atoms with Crippen LogP contribution in [-0.2, 0) is 6.54 Å². The van der Waals surface area contributed by atoms with E-state index in [0.29, 0.717) is 5.56 Å². The fourth-order valence-corrected chi connectivity index (χ4v) is 1.22. The zero-order chi connectivity index (χ0) is 11.4. The minimum Gasteiger partial charge on any atom is -0.434 e. The van der Waals surface area contributed by atoms with E-state index in [4.69, 9.17) is 10.5 Å². The second kappa shape index (κ2) is 4.67. The molecule has 0 aliphatic heterocycles. The number of nitrogens with two attached hydrogens (primary N) is 1. The van der Waals surface area contributed by atoms with Crippen LogP contribution in [0.2, 0.25) is 0 Å². The number of rotatable bonds is 3. The van der Waals surface area contributed by atoms with E-state index in [0.717, 1.165) is 0 Å². The number of aromatic nitrogens is 2. The lowest BCUT2D eigenvalue weighted by Crippen LogP contribution is -2.02. The van der Waals surface area contributed by atoms with Crippen molar-refractivity contribution in [2.24, 2.45) is 5.73 Å². The second-order valence-electron chi connectivity index (χ2n) is 3.10. The van der Waals surface area contributed by atoms with Gasteiger partial charge in [-0.2, -0.15) is 5.10 Å². The summed E-state index contributed by atoms with van der Waals surface area (Å²) in [6, 6.07) is 7.78. The number of nitrogens with zero attached hydrogens (tertiary/aromatic N) is 2. The van der Waals surface area contributed by atoms with E-state index in [2.05, 4.69) is 10.2 Å². The Kier molecular flexibility index (Phi) is 3.07. The Morgan fingerprint density at radius 2 is 2.06 bits per heavy atom. The molecule has 0 aliphatic rings. The van der Waals surface area contributed by atoms with E-state index >= 15 is 0 Å². The topological polar surface area (TPSA) is 61.0 Å². The molecule has 0 fully saturated rings. The van der Waals surface area contributed by atoms with Gasteiger partial charge in [0.1, 0.15) is 0 Å². The van der Waals surface area contributed by atoms with E-state index in [-0.39, 0.29) is 18.2 Å². The van der Waals surface area contributed by atoms with Gasteiger partial charge in [0.15, 0.2) is 11.6 Å². The van der Waals surface area contributed by atoms with Gasteiger partial charge in [-0.3, -0.25) is 0 Å². The second-order valence-corrected chi connectivity index (χ2v) is 3.10. The summed E-state index contributed by atoms with van der Waals surface area (Å²) >= 11 is 0. The Balaban J connectivity index is 2.30. The van der Waals surface area contributed by atoms with Crippen molar-refractivity contribution in [3.63, 3.8) is 0 Å². The zero-order valence-electron chi connectivity index (χ0n) is 8.43. The summed E-state index contributed by atoms with van der Waals surface area (Å²) < 4.78 is 18.6. The average Bonchev–Trinajstić information content (AvgIpc) is 2.33. The highest BCUT2D eigenvalue weighted by molar-refractivity contribution is 5.31. The van der Waals surface area contributed by atoms with Crippen molar-refractivity contribution < 1.29 is 9.13 Å². The number of ether oxygens (including phenoxy) is 1. The first-order chi connectivity index (χ1) is 7.81. The molecule has 0 bridgehead atoms. The molecule has 1 aromatic carbocycles. The molecule has 2 N–H and O–H groups in total. The largest absolute Gasteiger partial charge is 0.434 e. The van der Waals surface area contributed by atoms with Crippen LogP contribution >= 0.6 is 0 Å². The number of hydrogen-bond acceptors (Lipinski definition) is 4. The van der Waals surface area contributed by atoms with Crippen LogP contribution in [0.3, 0.4) is 0 Å². The molecule has 2 rings (SSSR count). The lowest BCUT2D eigenvalue weighted by atomic mass is 10.3. The highest BCUT2D eigenvalue weighted by Gasteiger charge is 2.08. The summed E-state index contributed by atoms with van der Waals surface area (Å²) in [7, 11) is 0. The molecule has 1 aromatic heterocycles. The molecule has 2 aromatic rings.